The first-order chi connectivity index (χ1) is 17.5. The molecule has 0 radical (unpaired) electrons. The van der Waals surface area contributed by atoms with Gasteiger partial charge >= 0.3 is 6.03 Å². The standard InChI is InChI=1S/C28H29N5O3/c1-18(20-7-8-20)32(16-19-5-3-2-4-6-19)25(34)17-33-26(35)28(30-27(33)36)13-11-21-15-22(9-10-23(21)28)24-12-14-29-31-24/h2-6,9-10,12,14-15,18,20H,7-8,11,13,16-17H2,1H3,(H,29,31)(H,30,36)/t18-,28?/m0/s1. The molecule has 2 atom stereocenters. The van der Waals surface area contributed by atoms with Crippen molar-refractivity contribution in [2.75, 3.05) is 6.54 Å². The Kier molecular flexibility index (Phi) is 5.39. The van der Waals surface area contributed by atoms with Crippen molar-refractivity contribution in [3.05, 3.63) is 77.5 Å². The van der Waals surface area contributed by atoms with Crippen molar-refractivity contribution in [2.24, 2.45) is 5.92 Å². The summed E-state index contributed by atoms with van der Waals surface area (Å²) in [6.45, 7) is 2.28. The summed E-state index contributed by atoms with van der Waals surface area (Å²) in [5.41, 5.74) is 3.65. The Bertz CT molecular complexity index is 1320. The van der Waals surface area contributed by atoms with Crippen molar-refractivity contribution in [3.63, 3.8) is 0 Å². The number of aromatic nitrogens is 2. The average molecular weight is 484 g/mol. The molecule has 1 spiro atoms. The molecule has 3 aromatic rings. The molecule has 2 heterocycles. The first-order valence-electron chi connectivity index (χ1n) is 12.6. The van der Waals surface area contributed by atoms with E-state index in [0.29, 0.717) is 25.3 Å². The molecule has 2 fully saturated rings. The molecule has 1 saturated heterocycles. The van der Waals surface area contributed by atoms with Gasteiger partial charge in [-0.3, -0.25) is 19.6 Å². The number of carbonyl (C=O) groups is 3. The number of hydrogen-bond acceptors (Lipinski definition) is 4. The van der Waals surface area contributed by atoms with E-state index in [0.717, 1.165) is 45.7 Å². The highest BCUT2D eigenvalue weighted by atomic mass is 16.2. The van der Waals surface area contributed by atoms with Crippen LogP contribution < -0.4 is 5.32 Å². The van der Waals surface area contributed by atoms with Crippen LogP contribution in [0, 0.1) is 5.92 Å². The number of urea groups is 1. The number of nitrogens with zero attached hydrogens (tertiary/aromatic N) is 3. The third-order valence-electron chi connectivity index (χ3n) is 7.93. The second-order valence-electron chi connectivity index (χ2n) is 10.2. The minimum atomic E-state index is -1.11. The molecule has 36 heavy (non-hydrogen) atoms. The molecular formula is C28H29N5O3. The molecule has 8 nitrogen and oxygen atoms in total. The number of benzene rings is 2. The van der Waals surface area contributed by atoms with Gasteiger partial charge in [0.25, 0.3) is 5.91 Å². The van der Waals surface area contributed by atoms with Crippen molar-refractivity contribution in [1.82, 2.24) is 25.3 Å². The second kappa shape index (κ2) is 8.62. The van der Waals surface area contributed by atoms with Crippen molar-refractivity contribution < 1.29 is 14.4 Å². The zero-order valence-corrected chi connectivity index (χ0v) is 20.2. The van der Waals surface area contributed by atoms with Crippen LogP contribution in [0.25, 0.3) is 11.3 Å². The lowest BCUT2D eigenvalue weighted by atomic mass is 9.91. The maximum atomic E-state index is 13.7. The topological polar surface area (TPSA) is 98.4 Å². The minimum absolute atomic E-state index is 0.0561. The second-order valence-corrected chi connectivity index (χ2v) is 10.2. The van der Waals surface area contributed by atoms with Crippen molar-refractivity contribution in [2.45, 2.75) is 50.7 Å². The van der Waals surface area contributed by atoms with Gasteiger partial charge in [-0.1, -0.05) is 42.5 Å². The zero-order valence-electron chi connectivity index (χ0n) is 20.2. The summed E-state index contributed by atoms with van der Waals surface area (Å²) in [4.78, 5) is 43.2. The Morgan fingerprint density at radius 1 is 1.17 bits per heavy atom. The molecule has 1 aliphatic heterocycles. The fraction of sp³-hybridized carbons (Fsp3) is 0.357. The highest BCUT2D eigenvalue weighted by Gasteiger charge is 2.56. The molecule has 3 aliphatic rings. The Morgan fingerprint density at radius 2 is 1.97 bits per heavy atom. The van der Waals surface area contributed by atoms with E-state index in [9.17, 15) is 14.4 Å². The molecule has 1 unspecified atom stereocenters. The van der Waals surface area contributed by atoms with Crippen LogP contribution in [0.2, 0.25) is 0 Å². The van der Waals surface area contributed by atoms with E-state index >= 15 is 0 Å². The fourth-order valence-corrected chi connectivity index (χ4v) is 5.68. The number of aryl methyl sites for hydroxylation is 1. The molecular weight excluding hydrogens is 454 g/mol. The van der Waals surface area contributed by atoms with E-state index in [2.05, 4.69) is 22.4 Å². The third kappa shape index (κ3) is 3.77. The molecule has 6 rings (SSSR count). The Hall–Kier alpha value is -3.94. The van der Waals surface area contributed by atoms with Crippen LogP contribution in [0.4, 0.5) is 4.79 Å². The molecule has 8 heteroatoms. The Morgan fingerprint density at radius 3 is 2.69 bits per heavy atom. The number of H-pyrrole nitrogens is 1. The van der Waals surface area contributed by atoms with Gasteiger partial charge in [0.15, 0.2) is 0 Å². The Balaban J connectivity index is 1.23. The Labute approximate surface area is 209 Å². The summed E-state index contributed by atoms with van der Waals surface area (Å²) in [6.07, 6.45) is 5.05. The number of amides is 4. The van der Waals surface area contributed by atoms with Crippen molar-refractivity contribution in [1.29, 1.82) is 0 Å². The number of hydrogen-bond donors (Lipinski definition) is 2. The van der Waals surface area contributed by atoms with Gasteiger partial charge < -0.3 is 10.2 Å². The van der Waals surface area contributed by atoms with Gasteiger partial charge in [0, 0.05) is 18.8 Å². The van der Waals surface area contributed by atoms with Crippen LogP contribution in [0.3, 0.4) is 0 Å². The van der Waals surface area contributed by atoms with Crippen molar-refractivity contribution in [3.8, 4) is 11.3 Å². The van der Waals surface area contributed by atoms with Crippen LogP contribution >= 0.6 is 0 Å². The molecule has 4 amide bonds. The monoisotopic (exact) mass is 483 g/mol. The number of carbonyl (C=O) groups excluding carboxylic acids is 3. The molecule has 2 aromatic carbocycles. The number of rotatable bonds is 7. The minimum Gasteiger partial charge on any atom is -0.334 e. The predicted octanol–water partition coefficient (Wildman–Crippen LogP) is 3.60. The largest absolute Gasteiger partial charge is 0.334 e. The summed E-state index contributed by atoms with van der Waals surface area (Å²) >= 11 is 0. The first kappa shape index (κ1) is 22.5. The van der Waals surface area contributed by atoms with E-state index in [1.807, 2.05) is 59.5 Å². The maximum absolute atomic E-state index is 13.7. The number of imide groups is 1. The normalized spacial score (nSPS) is 21.5. The molecule has 184 valence electrons. The van der Waals surface area contributed by atoms with E-state index in [1.54, 1.807) is 6.20 Å². The third-order valence-corrected chi connectivity index (χ3v) is 7.93. The predicted molar refractivity (Wildman–Crippen MR) is 133 cm³/mol. The van der Waals surface area contributed by atoms with E-state index in [-0.39, 0.29) is 24.4 Å². The van der Waals surface area contributed by atoms with Gasteiger partial charge in [0.05, 0.1) is 5.69 Å². The molecule has 0 bridgehead atoms. The summed E-state index contributed by atoms with van der Waals surface area (Å²) in [5, 5.41) is 9.92. The molecule has 1 saturated carbocycles. The SMILES string of the molecule is C[C@@H](C1CC1)N(Cc1ccccc1)C(=O)CN1C(=O)NC2(CCc3cc(-c4ccn[nH]4)ccc32)C1=O. The summed E-state index contributed by atoms with van der Waals surface area (Å²) < 4.78 is 0. The van der Waals surface area contributed by atoms with E-state index < -0.39 is 11.6 Å². The van der Waals surface area contributed by atoms with E-state index in [1.165, 1.54) is 0 Å². The smallest absolute Gasteiger partial charge is 0.325 e. The molecule has 2 aliphatic carbocycles. The fourth-order valence-electron chi connectivity index (χ4n) is 5.68. The average Bonchev–Trinajstić information content (AvgIpc) is 3.39. The van der Waals surface area contributed by atoms with Gasteiger partial charge in [-0.2, -0.15) is 5.10 Å². The highest BCUT2D eigenvalue weighted by Crippen LogP contribution is 2.43. The van der Waals surface area contributed by atoms with Gasteiger partial charge in [-0.05, 0) is 72.9 Å². The van der Waals surface area contributed by atoms with Crippen LogP contribution in [-0.2, 0) is 28.1 Å². The number of nitrogens with one attached hydrogen (secondary N) is 2. The van der Waals surface area contributed by atoms with Gasteiger partial charge in [-0.25, -0.2) is 4.79 Å². The highest BCUT2D eigenvalue weighted by molar-refractivity contribution is 6.10. The molecule has 2 N–H and O–H groups in total. The number of aromatic amines is 1. The van der Waals surface area contributed by atoms with Crippen LogP contribution in [0.15, 0.2) is 60.8 Å². The van der Waals surface area contributed by atoms with Crippen LogP contribution in [-0.4, -0.2) is 50.4 Å². The van der Waals surface area contributed by atoms with Gasteiger partial charge in [0.2, 0.25) is 5.91 Å². The number of fused-ring (bicyclic) bond motifs is 2. The van der Waals surface area contributed by atoms with E-state index in [4.69, 9.17) is 0 Å². The summed E-state index contributed by atoms with van der Waals surface area (Å²) in [7, 11) is 0. The zero-order chi connectivity index (χ0) is 24.9. The first-order valence-corrected chi connectivity index (χ1v) is 12.6. The lowest BCUT2D eigenvalue weighted by Crippen LogP contribution is -2.47. The molecule has 1 aromatic heterocycles. The summed E-state index contributed by atoms with van der Waals surface area (Å²) in [6, 6.07) is 17.2. The summed E-state index contributed by atoms with van der Waals surface area (Å²) in [5.74, 6) is -0.0721. The van der Waals surface area contributed by atoms with Gasteiger partial charge in [0.1, 0.15) is 12.1 Å². The lowest BCUT2D eigenvalue weighted by molar-refractivity contribution is -0.141. The maximum Gasteiger partial charge on any atom is 0.325 e. The van der Waals surface area contributed by atoms with Gasteiger partial charge in [-0.15, -0.1) is 0 Å². The lowest BCUT2D eigenvalue weighted by Gasteiger charge is -2.31. The quantitative estimate of drug-likeness (QED) is 0.502. The van der Waals surface area contributed by atoms with Crippen LogP contribution in [0.1, 0.15) is 42.9 Å². The van der Waals surface area contributed by atoms with Crippen molar-refractivity contribution >= 4 is 17.8 Å². The van der Waals surface area contributed by atoms with Crippen LogP contribution in [0.5, 0.6) is 0 Å².